The van der Waals surface area contributed by atoms with Crippen LogP contribution in [0.1, 0.15) is 75.5 Å². The molecule has 0 radical (unpaired) electrons. The lowest BCUT2D eigenvalue weighted by Crippen LogP contribution is -2.39. The molecule has 2 fully saturated rings. The Hall–Kier alpha value is -0.860. The van der Waals surface area contributed by atoms with E-state index in [1.165, 1.54) is 31.2 Å². The minimum absolute atomic E-state index is 0.0851. The van der Waals surface area contributed by atoms with Gasteiger partial charge in [0, 0.05) is 6.61 Å². The second-order valence-corrected chi connectivity index (χ2v) is 7.26. The van der Waals surface area contributed by atoms with Crippen molar-refractivity contribution in [1.82, 2.24) is 0 Å². The number of hydrogen-bond acceptors (Lipinski definition) is 2. The van der Waals surface area contributed by atoms with Gasteiger partial charge in [-0.3, -0.25) is 0 Å². The molecular weight excluding hydrogens is 260 g/mol. The van der Waals surface area contributed by atoms with E-state index in [1.54, 1.807) is 0 Å². The highest BCUT2D eigenvalue weighted by molar-refractivity contribution is 5.26. The molecule has 116 valence electrons. The Morgan fingerprint density at radius 2 is 1.71 bits per heavy atom. The molecule has 3 rings (SSSR count). The molecule has 1 saturated heterocycles. The summed E-state index contributed by atoms with van der Waals surface area (Å²) in [6, 6.07) is 8.54. The third kappa shape index (κ3) is 3.17. The third-order valence-corrected chi connectivity index (χ3v) is 5.44. The average molecular weight is 288 g/mol. The summed E-state index contributed by atoms with van der Waals surface area (Å²) in [5.74, 6) is 0.891. The van der Waals surface area contributed by atoms with Gasteiger partial charge in [0.25, 0.3) is 0 Å². The fraction of sp³-hybridized carbons (Fsp3) is 0.684. The monoisotopic (exact) mass is 288 g/mol. The lowest BCUT2D eigenvalue weighted by molar-refractivity contribution is -0.113. The van der Waals surface area contributed by atoms with E-state index >= 15 is 0 Å². The highest BCUT2D eigenvalue weighted by atomic mass is 16.5. The lowest BCUT2D eigenvalue weighted by atomic mass is 9.79. The highest BCUT2D eigenvalue weighted by Crippen LogP contribution is 2.45. The molecule has 1 spiro atoms. The predicted octanol–water partition coefficient (Wildman–Crippen LogP) is 4.58. The summed E-state index contributed by atoms with van der Waals surface area (Å²) >= 11 is 0. The van der Waals surface area contributed by atoms with Crippen LogP contribution >= 0.6 is 0 Å². The molecule has 1 saturated carbocycles. The summed E-state index contributed by atoms with van der Waals surface area (Å²) in [7, 11) is 0. The van der Waals surface area contributed by atoms with E-state index in [1.807, 2.05) is 0 Å². The molecule has 1 N–H and O–H groups in total. The summed E-state index contributed by atoms with van der Waals surface area (Å²) < 4.78 is 6.08. The minimum atomic E-state index is -0.340. The Labute approximate surface area is 128 Å². The number of rotatable bonds is 3. The molecule has 1 heterocycles. The van der Waals surface area contributed by atoms with E-state index in [4.69, 9.17) is 4.74 Å². The molecule has 2 unspecified atom stereocenters. The first kappa shape index (κ1) is 15.1. The standard InChI is InChI=1S/C19H28O2/c1-14(2)15-5-7-16(8-6-15)18(20)17-9-12-21-19(13-17)10-3-4-11-19/h5-8,14,17-18,20H,3-4,9-13H2,1-2H3. The molecule has 2 nitrogen and oxygen atoms in total. The van der Waals surface area contributed by atoms with Gasteiger partial charge in [0.1, 0.15) is 0 Å². The second-order valence-electron chi connectivity index (χ2n) is 7.26. The van der Waals surface area contributed by atoms with Crippen molar-refractivity contribution in [3.63, 3.8) is 0 Å². The largest absolute Gasteiger partial charge is 0.388 e. The van der Waals surface area contributed by atoms with Crippen molar-refractivity contribution in [1.29, 1.82) is 0 Å². The van der Waals surface area contributed by atoms with Crippen molar-refractivity contribution in [2.24, 2.45) is 5.92 Å². The summed E-state index contributed by atoms with van der Waals surface area (Å²) in [6.45, 7) is 5.22. The molecule has 1 aromatic rings. The van der Waals surface area contributed by atoms with Crippen LogP contribution in [0.25, 0.3) is 0 Å². The van der Waals surface area contributed by atoms with Crippen LogP contribution in [-0.2, 0) is 4.74 Å². The van der Waals surface area contributed by atoms with Crippen molar-refractivity contribution < 1.29 is 9.84 Å². The van der Waals surface area contributed by atoms with E-state index in [0.717, 1.165) is 25.0 Å². The van der Waals surface area contributed by atoms with Crippen LogP contribution in [0.2, 0.25) is 0 Å². The molecule has 2 heteroatoms. The lowest BCUT2D eigenvalue weighted by Gasteiger charge is -2.40. The smallest absolute Gasteiger partial charge is 0.0820 e. The molecular formula is C19H28O2. The van der Waals surface area contributed by atoms with Gasteiger partial charge in [0.2, 0.25) is 0 Å². The molecule has 2 atom stereocenters. The zero-order valence-corrected chi connectivity index (χ0v) is 13.3. The average Bonchev–Trinajstić information content (AvgIpc) is 2.94. The summed E-state index contributed by atoms with van der Waals surface area (Å²) in [5.41, 5.74) is 2.49. The van der Waals surface area contributed by atoms with Crippen LogP contribution in [0.5, 0.6) is 0 Å². The van der Waals surface area contributed by atoms with Crippen LogP contribution in [0.15, 0.2) is 24.3 Å². The first-order valence-corrected chi connectivity index (χ1v) is 8.51. The number of benzene rings is 1. The van der Waals surface area contributed by atoms with Crippen LogP contribution in [-0.4, -0.2) is 17.3 Å². The summed E-state index contributed by atoms with van der Waals surface area (Å²) in [4.78, 5) is 0. The summed E-state index contributed by atoms with van der Waals surface area (Å²) in [6.07, 6.45) is 6.60. The number of aliphatic hydroxyl groups is 1. The predicted molar refractivity (Wildman–Crippen MR) is 85.4 cm³/mol. The number of aliphatic hydroxyl groups excluding tert-OH is 1. The van der Waals surface area contributed by atoms with Crippen LogP contribution in [0, 0.1) is 5.92 Å². The van der Waals surface area contributed by atoms with Crippen molar-refractivity contribution in [2.75, 3.05) is 6.61 Å². The zero-order chi connectivity index (χ0) is 14.9. The van der Waals surface area contributed by atoms with Crippen LogP contribution < -0.4 is 0 Å². The van der Waals surface area contributed by atoms with E-state index in [2.05, 4.69) is 38.1 Å². The molecule has 21 heavy (non-hydrogen) atoms. The molecule has 0 bridgehead atoms. The molecule has 0 aromatic heterocycles. The Kier molecular flexibility index (Phi) is 4.37. The quantitative estimate of drug-likeness (QED) is 0.882. The maximum Gasteiger partial charge on any atom is 0.0820 e. The fourth-order valence-corrected chi connectivity index (χ4v) is 4.05. The molecule has 1 aliphatic carbocycles. The molecule has 1 aromatic carbocycles. The van der Waals surface area contributed by atoms with Gasteiger partial charge in [-0.15, -0.1) is 0 Å². The van der Waals surface area contributed by atoms with Crippen molar-refractivity contribution in [3.05, 3.63) is 35.4 Å². The normalized spacial score (nSPS) is 26.4. The Bertz CT molecular complexity index is 457. The second kappa shape index (κ2) is 6.10. The molecule has 2 aliphatic rings. The van der Waals surface area contributed by atoms with Gasteiger partial charge >= 0.3 is 0 Å². The third-order valence-electron chi connectivity index (χ3n) is 5.44. The van der Waals surface area contributed by atoms with Gasteiger partial charge in [-0.25, -0.2) is 0 Å². The first-order valence-electron chi connectivity index (χ1n) is 8.51. The number of hydrogen-bond donors (Lipinski definition) is 1. The zero-order valence-electron chi connectivity index (χ0n) is 13.3. The minimum Gasteiger partial charge on any atom is -0.388 e. The van der Waals surface area contributed by atoms with Gasteiger partial charge < -0.3 is 9.84 Å². The highest BCUT2D eigenvalue weighted by Gasteiger charge is 2.41. The topological polar surface area (TPSA) is 29.5 Å². The SMILES string of the molecule is CC(C)c1ccc(C(O)C2CCOC3(CCCC3)C2)cc1. The Balaban J connectivity index is 1.70. The van der Waals surface area contributed by atoms with Crippen molar-refractivity contribution in [2.45, 2.75) is 70.0 Å². The van der Waals surface area contributed by atoms with Gasteiger partial charge in [0.15, 0.2) is 0 Å². The molecule has 1 aliphatic heterocycles. The number of ether oxygens (including phenoxy) is 1. The van der Waals surface area contributed by atoms with E-state index < -0.39 is 0 Å². The Morgan fingerprint density at radius 1 is 1.10 bits per heavy atom. The van der Waals surface area contributed by atoms with E-state index in [0.29, 0.717) is 11.8 Å². The van der Waals surface area contributed by atoms with E-state index in [-0.39, 0.29) is 11.7 Å². The van der Waals surface area contributed by atoms with Gasteiger partial charge in [-0.1, -0.05) is 51.0 Å². The van der Waals surface area contributed by atoms with Crippen LogP contribution in [0.3, 0.4) is 0 Å². The molecule has 0 amide bonds. The maximum absolute atomic E-state index is 10.8. The Morgan fingerprint density at radius 3 is 2.33 bits per heavy atom. The van der Waals surface area contributed by atoms with Gasteiger partial charge in [-0.2, -0.15) is 0 Å². The maximum atomic E-state index is 10.8. The van der Waals surface area contributed by atoms with Crippen LogP contribution in [0.4, 0.5) is 0 Å². The summed E-state index contributed by atoms with van der Waals surface area (Å²) in [5, 5.41) is 10.8. The van der Waals surface area contributed by atoms with Crippen molar-refractivity contribution in [3.8, 4) is 0 Å². The van der Waals surface area contributed by atoms with Crippen molar-refractivity contribution >= 4 is 0 Å². The van der Waals surface area contributed by atoms with Gasteiger partial charge in [0.05, 0.1) is 11.7 Å². The fourth-order valence-electron chi connectivity index (χ4n) is 4.05. The first-order chi connectivity index (χ1) is 10.1. The van der Waals surface area contributed by atoms with Gasteiger partial charge in [-0.05, 0) is 48.6 Å². The van der Waals surface area contributed by atoms with E-state index in [9.17, 15) is 5.11 Å².